The number of hydrogen-bond donors (Lipinski definition) is 0. The van der Waals surface area contributed by atoms with Crippen LogP contribution in [0.2, 0.25) is 0 Å². The Morgan fingerprint density at radius 1 is 0.111 bits per heavy atom. The van der Waals surface area contributed by atoms with Gasteiger partial charge in [0.1, 0.15) is 0 Å². The molecule has 0 amide bonds. The van der Waals surface area contributed by atoms with E-state index in [0.29, 0.717) is 0 Å². The Labute approximate surface area is 145 Å². The molecule has 0 spiro atoms. The first kappa shape index (κ1) is 16800. The summed E-state index contributed by atoms with van der Waals surface area (Å²) in [5.41, 5.74) is 0. The Balaban J connectivity index is 0. The fraction of sp³-hybridized carbons (Fsp3) is 1.00. The largest absolute Gasteiger partial charge is 0.0776 e. The first-order valence-electron chi connectivity index (χ1n) is 0. The molecule has 0 saturated heterocycles. The number of rotatable bonds is 0. The van der Waals surface area contributed by atoms with Crippen LogP contribution in [0.25, 0.3) is 0 Å². The van der Waals surface area contributed by atoms with Crippen molar-refractivity contribution in [1.82, 2.24) is 0 Å². The van der Waals surface area contributed by atoms with Gasteiger partial charge >= 0.3 is 0 Å². The van der Waals surface area contributed by atoms with Crippen LogP contribution < -0.4 is 0 Å². The monoisotopic (exact) mass is 323 g/mol. The van der Waals surface area contributed by atoms with E-state index in [0.717, 1.165) is 0 Å². The summed E-state index contributed by atoms with van der Waals surface area (Å²) in [5, 5.41) is 0. The predicted molar refractivity (Wildman–Crippen MR) is 114 cm³/mol. The summed E-state index contributed by atoms with van der Waals surface area (Å²) in [6.07, 6.45) is 0. The molecule has 0 aliphatic carbocycles. The van der Waals surface area contributed by atoms with Gasteiger partial charge in [0.05, 0.1) is 0 Å². The molecule has 0 aromatic carbocycles. The average Bonchev–Trinajstić information content (AvgIpc) is 0. The molecule has 0 rings (SSSR count). The van der Waals surface area contributed by atoms with Crippen LogP contribution in [-0.2, 0) is 18.6 Å². The van der Waals surface area contributed by atoms with Crippen molar-refractivity contribution in [3.8, 4) is 0 Å². The van der Waals surface area contributed by atoms with E-state index in [-0.39, 0.29) is 145 Å². The Hall–Kier alpha value is 0.584. The van der Waals surface area contributed by atoms with Crippen molar-refractivity contribution in [2.75, 3.05) is 0 Å². The molecule has 0 nitrogen and oxygen atoms in total. The fourth-order valence-corrected chi connectivity index (χ4v) is 0. The zero-order valence-electron chi connectivity index (χ0n) is 0.447. The molecule has 0 N–H and O–H groups in total. The predicted octanol–water partition coefficient (Wildman–Crippen LogP) is 10.8. The zero-order valence-corrected chi connectivity index (χ0v) is 1.84. The van der Waals surface area contributed by atoms with Gasteiger partial charge in [-0.25, -0.2) is 0 Å². The fourth-order valence-electron chi connectivity index (χ4n) is 0. The summed E-state index contributed by atoms with van der Waals surface area (Å²) in [7, 11) is 0. The van der Waals surface area contributed by atoms with Crippen LogP contribution in [0, 0.1) is 0 Å². The van der Waals surface area contributed by atoms with Crippen molar-refractivity contribution in [2.24, 2.45) is 0 Å². The van der Waals surface area contributed by atoms with Crippen molar-refractivity contribution in [3.05, 3.63) is 0 Å². The van der Waals surface area contributed by atoms with E-state index >= 15 is 0 Å². The van der Waals surface area contributed by atoms with Crippen LogP contribution in [0.15, 0.2) is 0 Å². The quantitative estimate of drug-likeness (QED) is 0.415. The first-order chi connectivity index (χ1) is 0. The van der Waals surface area contributed by atoms with Gasteiger partial charge in [-0.05, 0) is 0 Å². The summed E-state index contributed by atoms with van der Waals surface area (Å²) in [6.45, 7) is 0. The molecule has 0 aliphatic heterocycles. The van der Waals surface area contributed by atoms with E-state index in [1.807, 2.05) is 0 Å². The molecular weight excluding hydrogens is 255 g/mol. The van der Waals surface area contributed by atoms with Gasteiger partial charge in [-0.1, -0.05) is 126 Å². The molecule has 0 aliphatic rings. The summed E-state index contributed by atoms with van der Waals surface area (Å²) >= 11 is 0. The second-order valence-corrected chi connectivity index (χ2v) is 0. The summed E-state index contributed by atoms with van der Waals surface area (Å²) < 4.78 is 0. The molecule has 0 aromatic heterocycles. The Kier molecular flexibility index (Phi) is 13200000. The van der Waals surface area contributed by atoms with E-state index in [9.17, 15) is 0 Å². The van der Waals surface area contributed by atoms with Gasteiger partial charge in [-0.3, -0.25) is 0 Å². The minimum absolute atomic E-state index is 0. The van der Waals surface area contributed by atoms with E-state index in [2.05, 4.69) is 0 Å². The van der Waals surface area contributed by atoms with Gasteiger partial charge in [0.2, 0.25) is 0 Å². The van der Waals surface area contributed by atoms with Crippen molar-refractivity contribution in [3.63, 3.8) is 0 Å². The van der Waals surface area contributed by atoms with Crippen molar-refractivity contribution >= 4 is 0 Å². The Morgan fingerprint density at radius 3 is 0.111 bits per heavy atom. The average molecular weight is 324 g/mol. The molecule has 0 atom stereocenters. The van der Waals surface area contributed by atoms with Crippen LogP contribution >= 0.6 is 0 Å². The molecule has 0 unspecified atom stereocenters. The van der Waals surface area contributed by atoms with Crippen LogP contribution in [0.5, 0.6) is 0 Å². The van der Waals surface area contributed by atoms with Crippen LogP contribution in [0.4, 0.5) is 0 Å². The van der Waals surface area contributed by atoms with Crippen molar-refractivity contribution < 1.29 is 18.6 Å². The molecule has 18 heavy (non-hydrogen) atoms. The minimum Gasteiger partial charge on any atom is -0.0776 e. The van der Waals surface area contributed by atoms with Gasteiger partial charge in [-0.15, -0.1) is 0 Å². The zero-order chi connectivity index (χ0) is 0. The molecule has 141 valence electrons. The molecule has 1 radical (unpaired) electrons. The second kappa shape index (κ2) is 14200. The maximum Gasteiger partial charge on any atom is 0 e. The minimum atomic E-state index is 0. The standard InChI is InChI=1S/17CH4.V/h17*1H4;. The van der Waals surface area contributed by atoms with Gasteiger partial charge in [0, 0.05) is 18.6 Å². The van der Waals surface area contributed by atoms with E-state index in [4.69, 9.17) is 0 Å². The summed E-state index contributed by atoms with van der Waals surface area (Å²) in [4.78, 5) is 0. The van der Waals surface area contributed by atoms with E-state index < -0.39 is 0 Å². The van der Waals surface area contributed by atoms with Gasteiger partial charge in [0.25, 0.3) is 0 Å². The van der Waals surface area contributed by atoms with Crippen LogP contribution in [0.1, 0.15) is 126 Å². The Bertz CT molecular complexity index is 5.57. The molecule has 0 saturated carbocycles. The smallest absolute Gasteiger partial charge is 0 e. The third kappa shape index (κ3) is 11800. The first-order valence-corrected chi connectivity index (χ1v) is 0. The molecular formula is C17H68V. The van der Waals surface area contributed by atoms with E-state index in [1.54, 1.807) is 0 Å². The second-order valence-electron chi connectivity index (χ2n) is 0. The molecule has 0 aromatic rings. The Morgan fingerprint density at radius 2 is 0.111 bits per heavy atom. The topological polar surface area (TPSA) is 0 Å². The van der Waals surface area contributed by atoms with Gasteiger partial charge < -0.3 is 0 Å². The van der Waals surface area contributed by atoms with Crippen LogP contribution in [-0.4, -0.2) is 0 Å². The maximum absolute atomic E-state index is 0. The third-order valence-corrected chi connectivity index (χ3v) is 0. The molecule has 0 heterocycles. The van der Waals surface area contributed by atoms with Gasteiger partial charge in [0.15, 0.2) is 0 Å². The summed E-state index contributed by atoms with van der Waals surface area (Å²) in [5.74, 6) is 0. The van der Waals surface area contributed by atoms with Crippen LogP contribution in [0.3, 0.4) is 0 Å². The van der Waals surface area contributed by atoms with E-state index in [1.165, 1.54) is 0 Å². The molecule has 1 heteroatoms. The third-order valence-electron chi connectivity index (χ3n) is 0. The number of hydrogen-bond acceptors (Lipinski definition) is 0. The maximum atomic E-state index is 0. The molecule has 0 fully saturated rings. The van der Waals surface area contributed by atoms with Crippen molar-refractivity contribution in [2.45, 2.75) is 126 Å². The summed E-state index contributed by atoms with van der Waals surface area (Å²) in [6, 6.07) is 0. The van der Waals surface area contributed by atoms with Crippen molar-refractivity contribution in [1.29, 1.82) is 0 Å². The SMILES string of the molecule is C.C.C.C.C.C.C.C.C.C.C.C.C.C.C.C.C.[V]. The normalized spacial score (nSPS) is 0. The molecule has 0 bridgehead atoms. The van der Waals surface area contributed by atoms with Gasteiger partial charge in [-0.2, -0.15) is 0 Å².